The van der Waals surface area contributed by atoms with Crippen molar-refractivity contribution in [1.29, 1.82) is 0 Å². The van der Waals surface area contributed by atoms with Crippen LogP contribution in [0.2, 0.25) is 5.02 Å². The first-order valence-electron chi connectivity index (χ1n) is 7.11. The van der Waals surface area contributed by atoms with E-state index in [1.54, 1.807) is 43.3 Å². The first kappa shape index (κ1) is 16.1. The lowest BCUT2D eigenvalue weighted by Gasteiger charge is -2.05. The van der Waals surface area contributed by atoms with Crippen molar-refractivity contribution in [3.63, 3.8) is 0 Å². The van der Waals surface area contributed by atoms with E-state index >= 15 is 0 Å². The molecule has 0 aliphatic carbocycles. The van der Waals surface area contributed by atoms with Crippen LogP contribution in [-0.2, 0) is 11.3 Å². The van der Waals surface area contributed by atoms with Crippen LogP contribution in [0.3, 0.4) is 0 Å². The van der Waals surface area contributed by atoms with E-state index < -0.39 is 0 Å². The third-order valence-corrected chi connectivity index (χ3v) is 3.55. The molecule has 0 fully saturated rings. The number of rotatable bonds is 4. The molecule has 0 aliphatic rings. The van der Waals surface area contributed by atoms with E-state index in [9.17, 15) is 9.18 Å². The third-order valence-electron chi connectivity index (χ3n) is 3.30. The van der Waals surface area contributed by atoms with Gasteiger partial charge in [-0.25, -0.2) is 4.39 Å². The highest BCUT2D eigenvalue weighted by Gasteiger charge is 2.10. The molecule has 8 heteroatoms. The van der Waals surface area contributed by atoms with E-state index in [0.29, 0.717) is 22.1 Å². The predicted molar refractivity (Wildman–Crippen MR) is 88.0 cm³/mol. The minimum Gasteiger partial charge on any atom is -0.324 e. The SMILES string of the molecule is Cc1ccc(NC(=O)Cn2nnc(-c3ccc(Cl)cc3)n2)cc1F. The van der Waals surface area contributed by atoms with Gasteiger partial charge in [-0.2, -0.15) is 4.80 Å². The molecule has 0 spiro atoms. The van der Waals surface area contributed by atoms with Gasteiger partial charge >= 0.3 is 0 Å². The van der Waals surface area contributed by atoms with Crippen molar-refractivity contribution >= 4 is 23.2 Å². The van der Waals surface area contributed by atoms with Crippen LogP contribution in [0.15, 0.2) is 42.5 Å². The van der Waals surface area contributed by atoms with Gasteiger partial charge in [0.2, 0.25) is 11.7 Å². The van der Waals surface area contributed by atoms with Crippen LogP contribution in [0.4, 0.5) is 10.1 Å². The lowest BCUT2D eigenvalue weighted by molar-refractivity contribution is -0.117. The number of amides is 1. The first-order chi connectivity index (χ1) is 11.5. The molecular weight excluding hydrogens is 333 g/mol. The Kier molecular flexibility index (Phi) is 4.52. The Labute approximate surface area is 142 Å². The number of carbonyl (C=O) groups excluding carboxylic acids is 1. The summed E-state index contributed by atoms with van der Waals surface area (Å²) in [4.78, 5) is 13.2. The standard InChI is InChI=1S/C16H13ClFN5O/c1-10-2-7-13(8-14(10)18)19-15(24)9-23-21-16(20-22-23)11-3-5-12(17)6-4-11/h2-8H,9H2,1H3,(H,19,24). The van der Waals surface area contributed by atoms with Crippen molar-refractivity contribution in [2.75, 3.05) is 5.32 Å². The highest BCUT2D eigenvalue weighted by molar-refractivity contribution is 6.30. The summed E-state index contributed by atoms with van der Waals surface area (Å²) in [7, 11) is 0. The number of anilines is 1. The van der Waals surface area contributed by atoms with Crippen molar-refractivity contribution in [2.24, 2.45) is 0 Å². The molecule has 0 bridgehead atoms. The highest BCUT2D eigenvalue weighted by atomic mass is 35.5. The van der Waals surface area contributed by atoms with Crippen LogP contribution < -0.4 is 5.32 Å². The number of nitrogens with zero attached hydrogens (tertiary/aromatic N) is 4. The lowest BCUT2D eigenvalue weighted by atomic mass is 10.2. The monoisotopic (exact) mass is 345 g/mol. The zero-order chi connectivity index (χ0) is 17.1. The quantitative estimate of drug-likeness (QED) is 0.788. The van der Waals surface area contributed by atoms with Gasteiger partial charge in [-0.1, -0.05) is 17.7 Å². The number of nitrogens with one attached hydrogen (secondary N) is 1. The van der Waals surface area contributed by atoms with Gasteiger partial charge in [-0.3, -0.25) is 4.79 Å². The van der Waals surface area contributed by atoms with Crippen LogP contribution in [0.5, 0.6) is 0 Å². The van der Waals surface area contributed by atoms with Crippen molar-refractivity contribution in [1.82, 2.24) is 20.2 Å². The van der Waals surface area contributed by atoms with E-state index in [4.69, 9.17) is 11.6 Å². The Morgan fingerprint density at radius 1 is 1.25 bits per heavy atom. The molecule has 0 aliphatic heterocycles. The van der Waals surface area contributed by atoms with Gasteiger partial charge in [0, 0.05) is 16.3 Å². The number of tetrazole rings is 1. The minimum absolute atomic E-state index is 0.129. The van der Waals surface area contributed by atoms with Crippen molar-refractivity contribution < 1.29 is 9.18 Å². The summed E-state index contributed by atoms with van der Waals surface area (Å²) in [6, 6.07) is 11.5. The number of benzene rings is 2. The van der Waals surface area contributed by atoms with Crippen LogP contribution in [0.1, 0.15) is 5.56 Å². The first-order valence-corrected chi connectivity index (χ1v) is 7.49. The predicted octanol–water partition coefficient (Wildman–Crippen LogP) is 3.08. The average Bonchev–Trinajstić information content (AvgIpc) is 3.00. The normalized spacial score (nSPS) is 10.6. The number of aryl methyl sites for hydroxylation is 1. The van der Waals surface area contributed by atoms with Crippen LogP contribution in [0, 0.1) is 12.7 Å². The maximum Gasteiger partial charge on any atom is 0.248 e. The van der Waals surface area contributed by atoms with Crippen LogP contribution in [-0.4, -0.2) is 26.1 Å². The Hall–Kier alpha value is -2.80. The zero-order valence-electron chi connectivity index (χ0n) is 12.7. The number of hydrogen-bond acceptors (Lipinski definition) is 4. The van der Waals surface area contributed by atoms with E-state index in [-0.39, 0.29) is 18.3 Å². The van der Waals surface area contributed by atoms with Gasteiger partial charge in [0.25, 0.3) is 0 Å². The summed E-state index contributed by atoms with van der Waals surface area (Å²) in [5.74, 6) is -0.365. The molecule has 122 valence electrons. The van der Waals surface area contributed by atoms with Crippen molar-refractivity contribution in [2.45, 2.75) is 13.5 Å². The van der Waals surface area contributed by atoms with E-state index in [1.807, 2.05) is 0 Å². The van der Waals surface area contributed by atoms with Gasteiger partial charge in [0.1, 0.15) is 12.4 Å². The Bertz CT molecular complexity index is 878. The molecule has 3 aromatic rings. The second-order valence-electron chi connectivity index (χ2n) is 5.16. The number of halogens is 2. The molecule has 1 N–H and O–H groups in total. The molecule has 0 unspecified atom stereocenters. The molecular formula is C16H13ClFN5O. The third kappa shape index (κ3) is 3.75. The van der Waals surface area contributed by atoms with Crippen LogP contribution in [0.25, 0.3) is 11.4 Å². The zero-order valence-corrected chi connectivity index (χ0v) is 13.5. The summed E-state index contributed by atoms with van der Waals surface area (Å²) < 4.78 is 13.5. The molecule has 1 heterocycles. The fraction of sp³-hybridized carbons (Fsp3) is 0.125. The van der Waals surface area contributed by atoms with E-state index in [0.717, 1.165) is 5.56 Å². The molecule has 0 atom stereocenters. The summed E-state index contributed by atoms with van der Waals surface area (Å²) in [5.41, 5.74) is 1.63. The largest absolute Gasteiger partial charge is 0.324 e. The van der Waals surface area contributed by atoms with Gasteiger partial charge < -0.3 is 5.32 Å². The second kappa shape index (κ2) is 6.76. The lowest BCUT2D eigenvalue weighted by Crippen LogP contribution is -2.20. The molecule has 0 saturated heterocycles. The summed E-state index contributed by atoms with van der Waals surface area (Å²) in [6.07, 6.45) is 0. The van der Waals surface area contributed by atoms with Gasteiger partial charge in [0.05, 0.1) is 0 Å². The van der Waals surface area contributed by atoms with Crippen molar-refractivity contribution in [3.05, 3.63) is 58.9 Å². The fourth-order valence-corrected chi connectivity index (χ4v) is 2.15. The molecule has 1 amide bonds. The van der Waals surface area contributed by atoms with Gasteiger partial charge in [-0.15, -0.1) is 10.2 Å². The van der Waals surface area contributed by atoms with Crippen LogP contribution >= 0.6 is 11.6 Å². The molecule has 6 nitrogen and oxygen atoms in total. The Morgan fingerprint density at radius 3 is 2.71 bits per heavy atom. The fourth-order valence-electron chi connectivity index (χ4n) is 2.02. The molecule has 1 aromatic heterocycles. The summed E-state index contributed by atoms with van der Waals surface area (Å²) in [6.45, 7) is 1.52. The average molecular weight is 346 g/mol. The number of carbonyl (C=O) groups is 1. The van der Waals surface area contributed by atoms with Crippen molar-refractivity contribution in [3.8, 4) is 11.4 Å². The Morgan fingerprint density at radius 2 is 2.00 bits per heavy atom. The van der Waals surface area contributed by atoms with Gasteiger partial charge in [-0.05, 0) is 54.1 Å². The molecule has 2 aromatic carbocycles. The van der Waals surface area contributed by atoms with Gasteiger partial charge in [0.15, 0.2) is 0 Å². The minimum atomic E-state index is -0.378. The smallest absolute Gasteiger partial charge is 0.248 e. The molecule has 24 heavy (non-hydrogen) atoms. The Balaban J connectivity index is 1.66. The summed E-state index contributed by atoms with van der Waals surface area (Å²) >= 11 is 5.83. The molecule has 0 saturated carbocycles. The maximum atomic E-state index is 13.5. The molecule has 0 radical (unpaired) electrons. The number of hydrogen-bond donors (Lipinski definition) is 1. The highest BCUT2D eigenvalue weighted by Crippen LogP contribution is 2.17. The second-order valence-corrected chi connectivity index (χ2v) is 5.60. The number of aromatic nitrogens is 4. The summed E-state index contributed by atoms with van der Waals surface area (Å²) in [5, 5.41) is 15.1. The van der Waals surface area contributed by atoms with E-state index in [2.05, 4.69) is 20.7 Å². The maximum absolute atomic E-state index is 13.5. The molecule has 3 rings (SSSR count). The van der Waals surface area contributed by atoms with E-state index in [1.165, 1.54) is 10.9 Å². The topological polar surface area (TPSA) is 72.7 Å².